The topological polar surface area (TPSA) is 95.8 Å². The highest BCUT2D eigenvalue weighted by Crippen LogP contribution is 2.30. The lowest BCUT2D eigenvalue weighted by Crippen LogP contribution is -2.54. The molecule has 0 bridgehead atoms. The van der Waals surface area contributed by atoms with Crippen LogP contribution in [0.15, 0.2) is 40.4 Å². The number of benzene rings is 1. The third-order valence-corrected chi connectivity index (χ3v) is 8.75. The number of H-pyrrole nitrogens is 1. The van der Waals surface area contributed by atoms with E-state index in [0.717, 1.165) is 60.8 Å². The number of piperazine rings is 1. The van der Waals surface area contributed by atoms with E-state index in [-0.39, 0.29) is 23.6 Å². The molecule has 0 radical (unpaired) electrons. The Morgan fingerprint density at radius 2 is 2.00 bits per heavy atom. The number of aliphatic imine (C=N–C) groups is 1. The fourth-order valence-electron chi connectivity index (χ4n) is 6.33. The SMILES string of the molecule is CCC1C=CN=C(CN2CCN(C(=O)c3cc4c(cc3C)[nH]c(=O)c3cnn(C5CCOCC5)c34)CC2C)C1. The maximum Gasteiger partial charge on any atom is 0.259 e. The molecule has 2 fully saturated rings. The lowest BCUT2D eigenvalue weighted by molar-refractivity contribution is 0.0549. The molecule has 1 amide bonds. The van der Waals surface area contributed by atoms with E-state index in [2.05, 4.69) is 39.9 Å². The first-order valence-electron chi connectivity index (χ1n) is 14.3. The number of aryl methyl sites for hydroxylation is 1. The van der Waals surface area contributed by atoms with Gasteiger partial charge in [0.1, 0.15) is 0 Å². The van der Waals surface area contributed by atoms with Gasteiger partial charge < -0.3 is 14.6 Å². The molecule has 0 saturated carbocycles. The van der Waals surface area contributed by atoms with E-state index in [0.29, 0.717) is 43.2 Å². The number of aromatic nitrogens is 3. The van der Waals surface area contributed by atoms with Gasteiger partial charge in [-0.25, -0.2) is 0 Å². The molecule has 2 atom stereocenters. The lowest BCUT2D eigenvalue weighted by atomic mass is 9.96. The van der Waals surface area contributed by atoms with Crippen LogP contribution in [-0.2, 0) is 4.74 Å². The summed E-state index contributed by atoms with van der Waals surface area (Å²) in [7, 11) is 0. The third kappa shape index (κ3) is 4.94. The third-order valence-electron chi connectivity index (χ3n) is 8.75. The normalized spacial score (nSPS) is 23.1. The fourth-order valence-corrected chi connectivity index (χ4v) is 6.33. The van der Waals surface area contributed by atoms with E-state index < -0.39 is 0 Å². The van der Waals surface area contributed by atoms with Crippen molar-refractivity contribution in [3.63, 3.8) is 0 Å². The highest BCUT2D eigenvalue weighted by atomic mass is 16.5. The second-order valence-electron chi connectivity index (χ2n) is 11.3. The molecular weight excluding hydrogens is 492 g/mol. The van der Waals surface area contributed by atoms with Crippen molar-refractivity contribution in [3.8, 4) is 0 Å². The van der Waals surface area contributed by atoms with Gasteiger partial charge in [0.05, 0.1) is 28.7 Å². The second kappa shape index (κ2) is 10.7. The van der Waals surface area contributed by atoms with E-state index in [1.54, 1.807) is 6.20 Å². The summed E-state index contributed by atoms with van der Waals surface area (Å²) in [5.41, 5.74) is 4.18. The van der Waals surface area contributed by atoms with Crippen molar-refractivity contribution < 1.29 is 9.53 Å². The van der Waals surface area contributed by atoms with E-state index >= 15 is 0 Å². The number of fused-ring (bicyclic) bond motifs is 3. The molecule has 39 heavy (non-hydrogen) atoms. The molecular formula is C30H38N6O3. The number of aromatic amines is 1. The van der Waals surface area contributed by atoms with Gasteiger partial charge >= 0.3 is 0 Å². The average molecular weight is 531 g/mol. The van der Waals surface area contributed by atoms with Crippen molar-refractivity contribution in [2.45, 2.75) is 58.5 Å². The molecule has 5 heterocycles. The van der Waals surface area contributed by atoms with Crippen molar-refractivity contribution in [2.75, 3.05) is 39.4 Å². The quantitative estimate of drug-likeness (QED) is 0.537. The minimum absolute atomic E-state index is 0.0429. The van der Waals surface area contributed by atoms with Gasteiger partial charge in [-0.1, -0.05) is 13.0 Å². The van der Waals surface area contributed by atoms with Gasteiger partial charge in [-0.05, 0) is 63.1 Å². The van der Waals surface area contributed by atoms with E-state index in [9.17, 15) is 9.59 Å². The van der Waals surface area contributed by atoms with Crippen LogP contribution in [0.3, 0.4) is 0 Å². The van der Waals surface area contributed by atoms with Crippen LogP contribution in [0.5, 0.6) is 0 Å². The van der Waals surface area contributed by atoms with Gasteiger partial charge in [-0.2, -0.15) is 5.10 Å². The van der Waals surface area contributed by atoms with Gasteiger partial charge in [0, 0.05) is 68.3 Å². The molecule has 2 unspecified atom stereocenters. The Morgan fingerprint density at radius 1 is 1.18 bits per heavy atom. The van der Waals surface area contributed by atoms with E-state index in [1.165, 1.54) is 5.71 Å². The first-order valence-corrected chi connectivity index (χ1v) is 14.3. The van der Waals surface area contributed by atoms with Gasteiger partial charge in [0.2, 0.25) is 0 Å². The van der Waals surface area contributed by atoms with Crippen molar-refractivity contribution >= 4 is 33.4 Å². The molecule has 2 saturated heterocycles. The highest BCUT2D eigenvalue weighted by molar-refractivity contribution is 6.07. The van der Waals surface area contributed by atoms with Crippen LogP contribution in [0.2, 0.25) is 0 Å². The summed E-state index contributed by atoms with van der Waals surface area (Å²) in [6.45, 7) is 10.8. The van der Waals surface area contributed by atoms with Gasteiger partial charge in [0.15, 0.2) is 0 Å². The molecule has 206 valence electrons. The van der Waals surface area contributed by atoms with E-state index in [1.807, 2.05) is 34.8 Å². The standard InChI is InChI=1S/C30H38N6O3/c1-4-21-5-8-31-22(14-21)18-34-9-10-35(17-20(34)3)30(38)24-15-25-27(13-19(24)2)33-29(37)26-16-32-36(28(25)26)23-6-11-39-12-7-23/h5,8,13,15-16,20-21,23H,4,6-7,9-12,14,17-18H2,1-3H3,(H,33,37). The fraction of sp³-hybridized carbons (Fsp3) is 0.533. The van der Waals surface area contributed by atoms with Crippen molar-refractivity contribution in [1.29, 1.82) is 0 Å². The predicted octanol–water partition coefficient (Wildman–Crippen LogP) is 4.07. The zero-order valence-electron chi connectivity index (χ0n) is 23.2. The molecule has 3 aromatic rings. The molecule has 6 rings (SSSR count). The van der Waals surface area contributed by atoms with Crippen LogP contribution in [0, 0.1) is 12.8 Å². The van der Waals surface area contributed by atoms with Crippen molar-refractivity contribution in [1.82, 2.24) is 24.6 Å². The molecule has 1 N–H and O–H groups in total. The summed E-state index contributed by atoms with van der Waals surface area (Å²) >= 11 is 0. The Balaban J connectivity index is 1.27. The zero-order chi connectivity index (χ0) is 27.1. The largest absolute Gasteiger partial charge is 0.381 e. The number of carbonyl (C=O) groups is 1. The summed E-state index contributed by atoms with van der Waals surface area (Å²) in [6, 6.07) is 4.32. The summed E-state index contributed by atoms with van der Waals surface area (Å²) in [6.07, 6.45) is 9.68. The number of ether oxygens (including phenoxy) is 1. The van der Waals surface area contributed by atoms with Crippen LogP contribution in [-0.4, -0.2) is 81.6 Å². The van der Waals surface area contributed by atoms with Crippen molar-refractivity contribution in [3.05, 3.63) is 52.1 Å². The first-order chi connectivity index (χ1) is 18.9. The van der Waals surface area contributed by atoms with Gasteiger partial charge in [-0.3, -0.25) is 24.2 Å². The molecule has 1 aromatic carbocycles. The number of nitrogens with one attached hydrogen (secondary N) is 1. The van der Waals surface area contributed by atoms with Crippen LogP contribution < -0.4 is 5.56 Å². The summed E-state index contributed by atoms with van der Waals surface area (Å²) in [5.74, 6) is 0.622. The summed E-state index contributed by atoms with van der Waals surface area (Å²) < 4.78 is 7.53. The molecule has 3 aliphatic rings. The van der Waals surface area contributed by atoms with Crippen molar-refractivity contribution in [2.24, 2.45) is 10.9 Å². The number of pyridine rings is 1. The van der Waals surface area contributed by atoms with Crippen LogP contribution in [0.1, 0.15) is 61.5 Å². The van der Waals surface area contributed by atoms with Crippen LogP contribution >= 0.6 is 0 Å². The number of rotatable bonds is 5. The Bertz CT molecular complexity index is 1510. The lowest BCUT2D eigenvalue weighted by Gasteiger charge is -2.40. The molecule has 9 nitrogen and oxygen atoms in total. The maximum atomic E-state index is 13.9. The van der Waals surface area contributed by atoms with Crippen LogP contribution in [0.4, 0.5) is 0 Å². The first kappa shape index (κ1) is 26.0. The number of hydrogen-bond donors (Lipinski definition) is 1. The molecule has 0 spiro atoms. The molecule has 3 aliphatic heterocycles. The predicted molar refractivity (Wildman–Crippen MR) is 154 cm³/mol. The highest BCUT2D eigenvalue weighted by Gasteiger charge is 2.30. The Hall–Kier alpha value is -3.30. The molecule has 9 heteroatoms. The zero-order valence-corrected chi connectivity index (χ0v) is 23.2. The number of hydrogen-bond acceptors (Lipinski definition) is 6. The minimum Gasteiger partial charge on any atom is -0.381 e. The summed E-state index contributed by atoms with van der Waals surface area (Å²) in [4.78, 5) is 38.8. The van der Waals surface area contributed by atoms with E-state index in [4.69, 9.17) is 4.74 Å². The Labute approximate surface area is 228 Å². The Kier molecular flexibility index (Phi) is 7.12. The monoisotopic (exact) mass is 530 g/mol. The number of nitrogens with zero attached hydrogens (tertiary/aromatic N) is 5. The molecule has 2 aromatic heterocycles. The number of allylic oxidation sites excluding steroid dienone is 1. The number of carbonyl (C=O) groups excluding carboxylic acids is 1. The van der Waals surface area contributed by atoms with Crippen LogP contribution in [0.25, 0.3) is 21.8 Å². The molecule has 0 aliphatic carbocycles. The minimum atomic E-state index is -0.150. The number of amides is 1. The second-order valence-corrected chi connectivity index (χ2v) is 11.3. The smallest absolute Gasteiger partial charge is 0.259 e. The van der Waals surface area contributed by atoms with Gasteiger partial charge in [0.25, 0.3) is 11.5 Å². The van der Waals surface area contributed by atoms with Gasteiger partial charge in [-0.15, -0.1) is 0 Å². The summed E-state index contributed by atoms with van der Waals surface area (Å²) in [5, 5.41) is 6.04. The average Bonchev–Trinajstić information content (AvgIpc) is 3.40. The maximum absolute atomic E-state index is 13.9. The Morgan fingerprint density at radius 3 is 2.77 bits per heavy atom.